The normalized spacial score (nSPS) is 23.8. The van der Waals surface area contributed by atoms with Crippen LogP contribution in [0.1, 0.15) is 56.3 Å². The highest BCUT2D eigenvalue weighted by Gasteiger charge is 2.60. The van der Waals surface area contributed by atoms with E-state index in [-0.39, 0.29) is 42.4 Å². The average molecular weight is 545 g/mol. The Labute approximate surface area is 227 Å². The van der Waals surface area contributed by atoms with Crippen LogP contribution in [0.25, 0.3) is 0 Å². The van der Waals surface area contributed by atoms with Crippen LogP contribution in [0.4, 0.5) is 10.5 Å². The molecule has 1 heterocycles. The molecule has 3 rings (SSSR count). The van der Waals surface area contributed by atoms with E-state index in [2.05, 4.69) is 5.32 Å². The van der Waals surface area contributed by atoms with E-state index >= 15 is 0 Å². The molecule has 1 aliphatic carbocycles. The average Bonchev–Trinajstić information content (AvgIpc) is 3.49. The number of rotatable bonds is 13. The number of amides is 3. The molecule has 212 valence electrons. The number of carbonyl (C=O) groups excluding carboxylic acids is 4. The lowest BCUT2D eigenvalue weighted by Crippen LogP contribution is -2.43. The van der Waals surface area contributed by atoms with Gasteiger partial charge in [-0.25, -0.2) is 14.4 Å². The molecule has 12 nitrogen and oxygen atoms in total. The number of likely N-dealkylation sites (tertiary alicyclic amines) is 1. The van der Waals surface area contributed by atoms with Crippen LogP contribution in [-0.2, 0) is 19.1 Å². The van der Waals surface area contributed by atoms with Crippen molar-refractivity contribution in [2.75, 3.05) is 26.7 Å². The molecule has 1 aromatic rings. The van der Waals surface area contributed by atoms with Gasteiger partial charge in [-0.1, -0.05) is 12.2 Å². The molecule has 1 aromatic carbocycles. The summed E-state index contributed by atoms with van der Waals surface area (Å²) in [6.07, 6.45) is 7.45. The summed E-state index contributed by atoms with van der Waals surface area (Å²) in [4.78, 5) is 62.1. The van der Waals surface area contributed by atoms with Gasteiger partial charge in [-0.3, -0.25) is 14.9 Å². The Kier molecular flexibility index (Phi) is 10.0. The second-order valence-corrected chi connectivity index (χ2v) is 9.96. The smallest absolute Gasteiger partial charge is 0.338 e. The minimum Gasteiger partial charge on any atom is -0.464 e. The molecule has 0 aromatic heterocycles. The molecule has 1 aliphatic heterocycles. The summed E-state index contributed by atoms with van der Waals surface area (Å²) in [5.74, 6) is -1.07. The molecule has 12 heteroatoms. The molecule has 0 spiro atoms. The number of carbonyl (C=O) groups is 4. The van der Waals surface area contributed by atoms with E-state index in [0.29, 0.717) is 25.8 Å². The van der Waals surface area contributed by atoms with E-state index in [0.717, 1.165) is 19.3 Å². The molecular formula is C27H36N4O8. The third kappa shape index (κ3) is 7.33. The number of nitrogens with zero attached hydrogens (tertiary/aromatic N) is 3. The maximum absolute atomic E-state index is 13.0. The zero-order valence-electron chi connectivity index (χ0n) is 22.5. The molecule has 1 saturated carbocycles. The van der Waals surface area contributed by atoms with Crippen LogP contribution in [0.15, 0.2) is 36.4 Å². The fraction of sp³-hybridized carbons (Fsp3) is 0.556. The van der Waals surface area contributed by atoms with Gasteiger partial charge in [0.25, 0.3) is 5.69 Å². The third-order valence-corrected chi connectivity index (χ3v) is 7.15. The van der Waals surface area contributed by atoms with Crippen molar-refractivity contribution < 1.29 is 33.6 Å². The summed E-state index contributed by atoms with van der Waals surface area (Å²) in [5.41, 5.74) is -0.832. The van der Waals surface area contributed by atoms with Crippen molar-refractivity contribution in [3.8, 4) is 0 Å². The van der Waals surface area contributed by atoms with Gasteiger partial charge in [0.15, 0.2) is 0 Å². The first-order valence-electron chi connectivity index (χ1n) is 13.1. The van der Waals surface area contributed by atoms with Gasteiger partial charge >= 0.3 is 18.0 Å². The summed E-state index contributed by atoms with van der Waals surface area (Å²) in [5, 5.41) is 13.4. The van der Waals surface area contributed by atoms with E-state index in [1.54, 1.807) is 23.8 Å². The Bertz CT molecular complexity index is 1090. The predicted octanol–water partition coefficient (Wildman–Crippen LogP) is 3.06. The first kappa shape index (κ1) is 29.6. The summed E-state index contributed by atoms with van der Waals surface area (Å²) in [6.45, 7) is 4.73. The molecule has 4 atom stereocenters. The lowest BCUT2D eigenvalue weighted by Gasteiger charge is -2.27. The van der Waals surface area contributed by atoms with Crippen molar-refractivity contribution in [1.29, 1.82) is 0 Å². The Morgan fingerprint density at radius 1 is 1.26 bits per heavy atom. The third-order valence-electron chi connectivity index (χ3n) is 7.15. The van der Waals surface area contributed by atoms with Crippen molar-refractivity contribution in [2.24, 2.45) is 5.92 Å². The fourth-order valence-corrected chi connectivity index (χ4v) is 4.80. The topological polar surface area (TPSA) is 148 Å². The van der Waals surface area contributed by atoms with Gasteiger partial charge < -0.3 is 24.6 Å². The van der Waals surface area contributed by atoms with Crippen molar-refractivity contribution in [3.63, 3.8) is 0 Å². The van der Waals surface area contributed by atoms with Crippen molar-refractivity contribution in [2.45, 2.75) is 63.6 Å². The lowest BCUT2D eigenvalue weighted by molar-refractivity contribution is -0.384. The summed E-state index contributed by atoms with van der Waals surface area (Å²) in [6, 6.07) is 4.98. The van der Waals surface area contributed by atoms with Crippen LogP contribution in [0.3, 0.4) is 0 Å². The number of ether oxygens (including phenoxy) is 2. The van der Waals surface area contributed by atoms with Crippen molar-refractivity contribution >= 4 is 30.1 Å². The van der Waals surface area contributed by atoms with Crippen molar-refractivity contribution in [3.05, 3.63) is 52.1 Å². The largest absolute Gasteiger partial charge is 0.464 e. The highest BCUT2D eigenvalue weighted by molar-refractivity contribution is 5.90. The van der Waals surface area contributed by atoms with E-state index in [1.807, 2.05) is 19.1 Å². The second kappa shape index (κ2) is 13.2. The number of allylic oxidation sites excluding steroid dienone is 1. The number of urea groups is 1. The van der Waals surface area contributed by atoms with E-state index in [1.165, 1.54) is 24.3 Å². The van der Waals surface area contributed by atoms with Crippen molar-refractivity contribution in [1.82, 2.24) is 15.1 Å². The maximum Gasteiger partial charge on any atom is 0.338 e. The van der Waals surface area contributed by atoms with Crippen LogP contribution < -0.4 is 5.32 Å². The first-order chi connectivity index (χ1) is 18.6. The lowest BCUT2D eigenvalue weighted by atomic mass is 10.1. The van der Waals surface area contributed by atoms with Gasteiger partial charge in [-0.15, -0.1) is 0 Å². The SMILES string of the molecule is CCOC(=O)[C@@]1(NC=O)C[C@H]1/C=C\CCCCN(C)C(=O)N1C[C@@H](OC(=O)c2ccc([N+](=O)[O-])cc2)CC1C. The number of hydrogen-bond donors (Lipinski definition) is 1. The van der Waals surface area contributed by atoms with Gasteiger partial charge in [-0.05, 0) is 51.7 Å². The van der Waals surface area contributed by atoms with E-state index in [9.17, 15) is 29.3 Å². The van der Waals surface area contributed by atoms with Gasteiger partial charge in [0.1, 0.15) is 11.6 Å². The number of nitro groups is 1. The number of nitro benzene ring substituents is 1. The molecule has 39 heavy (non-hydrogen) atoms. The molecule has 1 unspecified atom stereocenters. The van der Waals surface area contributed by atoms with E-state index in [4.69, 9.17) is 9.47 Å². The number of non-ortho nitro benzene ring substituents is 1. The Hall–Kier alpha value is -3.96. The van der Waals surface area contributed by atoms with Gasteiger partial charge in [0, 0.05) is 44.1 Å². The Morgan fingerprint density at radius 3 is 2.62 bits per heavy atom. The minimum absolute atomic E-state index is 0.0786. The fourth-order valence-electron chi connectivity index (χ4n) is 4.80. The quantitative estimate of drug-likeness (QED) is 0.0995. The Balaban J connectivity index is 1.38. The molecule has 2 aliphatic rings. The van der Waals surface area contributed by atoms with Crippen LogP contribution in [0.5, 0.6) is 0 Å². The maximum atomic E-state index is 13.0. The highest BCUT2D eigenvalue weighted by atomic mass is 16.6. The number of benzene rings is 1. The van der Waals surface area contributed by atoms with Crippen LogP contribution in [0.2, 0.25) is 0 Å². The summed E-state index contributed by atoms with van der Waals surface area (Å²) >= 11 is 0. The molecule has 3 amide bonds. The zero-order chi connectivity index (χ0) is 28.6. The molecule has 1 saturated heterocycles. The second-order valence-electron chi connectivity index (χ2n) is 9.96. The summed E-state index contributed by atoms with van der Waals surface area (Å²) < 4.78 is 10.6. The van der Waals surface area contributed by atoms with Gasteiger partial charge in [-0.2, -0.15) is 0 Å². The monoisotopic (exact) mass is 544 g/mol. The zero-order valence-corrected chi connectivity index (χ0v) is 22.5. The molecule has 1 N–H and O–H groups in total. The van der Waals surface area contributed by atoms with Gasteiger partial charge in [0.05, 0.1) is 23.6 Å². The standard InChI is InChI=1S/C27H36N4O8/c1-4-38-25(34)27(28-18-32)16-21(27)9-7-5-6-8-14-29(3)26(35)30-17-23(15-19(30)2)39-24(33)20-10-12-22(13-11-20)31(36)37/h7,9-13,18-19,21,23H,4-6,8,14-17H2,1-3H3,(H,28,32)/b9-7-/t19?,21-,23+,27-/m1/s1. The van der Waals surface area contributed by atoms with Crippen LogP contribution in [0, 0.1) is 16.0 Å². The van der Waals surface area contributed by atoms with Crippen LogP contribution in [-0.4, -0.2) is 83.5 Å². The molecule has 0 bridgehead atoms. The number of nitrogens with one attached hydrogen (secondary N) is 1. The summed E-state index contributed by atoms with van der Waals surface area (Å²) in [7, 11) is 1.74. The molecular weight excluding hydrogens is 508 g/mol. The highest BCUT2D eigenvalue weighted by Crippen LogP contribution is 2.45. The first-order valence-corrected chi connectivity index (χ1v) is 13.1. The number of unbranched alkanes of at least 4 members (excludes halogenated alkanes) is 2. The minimum atomic E-state index is -0.943. The Morgan fingerprint density at radius 2 is 1.97 bits per heavy atom. The number of hydrogen-bond acceptors (Lipinski definition) is 8. The predicted molar refractivity (Wildman–Crippen MR) is 141 cm³/mol. The molecule has 0 radical (unpaired) electrons. The van der Waals surface area contributed by atoms with Crippen LogP contribution >= 0.6 is 0 Å². The molecule has 2 fully saturated rings. The number of esters is 2. The van der Waals surface area contributed by atoms with E-state index < -0.39 is 28.5 Å². The van der Waals surface area contributed by atoms with Gasteiger partial charge in [0.2, 0.25) is 6.41 Å².